The molecule has 1 atom stereocenters. The molecule has 2 amide bonds. The number of carbonyl (C=O) groups is 2. The zero-order valence-electron chi connectivity index (χ0n) is 17.8. The number of unbranched alkanes of at least 4 members (excludes halogenated alkanes) is 1. The lowest BCUT2D eigenvalue weighted by atomic mass is 10.1. The van der Waals surface area contributed by atoms with Gasteiger partial charge in [0, 0.05) is 36.9 Å². The summed E-state index contributed by atoms with van der Waals surface area (Å²) in [7, 11) is 0. The Morgan fingerprint density at radius 3 is 2.23 bits per heavy atom. The Morgan fingerprint density at radius 2 is 1.58 bits per heavy atom. The summed E-state index contributed by atoms with van der Waals surface area (Å²) in [5.41, 5.74) is 1.74. The molecule has 0 spiro atoms. The van der Waals surface area contributed by atoms with E-state index in [4.69, 9.17) is 16.3 Å². The van der Waals surface area contributed by atoms with Crippen LogP contribution < -0.4 is 14.5 Å². The molecule has 2 heterocycles. The van der Waals surface area contributed by atoms with Crippen LogP contribution >= 0.6 is 11.6 Å². The largest absolute Gasteiger partial charge is 0.494 e. The van der Waals surface area contributed by atoms with Crippen LogP contribution in [-0.2, 0) is 9.59 Å². The Kier molecular flexibility index (Phi) is 6.78. The first-order chi connectivity index (χ1) is 15.1. The number of benzene rings is 2. The van der Waals surface area contributed by atoms with Crippen molar-refractivity contribution < 1.29 is 14.3 Å². The summed E-state index contributed by atoms with van der Waals surface area (Å²) in [6, 6.07) is 14.6. The van der Waals surface area contributed by atoms with Gasteiger partial charge >= 0.3 is 0 Å². The summed E-state index contributed by atoms with van der Waals surface area (Å²) in [6.45, 7) is 5.88. The number of piperazine rings is 1. The van der Waals surface area contributed by atoms with Gasteiger partial charge in [-0.1, -0.05) is 24.9 Å². The van der Waals surface area contributed by atoms with Crippen LogP contribution in [0.25, 0.3) is 0 Å². The van der Waals surface area contributed by atoms with Crippen molar-refractivity contribution in [3.8, 4) is 5.75 Å². The van der Waals surface area contributed by atoms with Gasteiger partial charge < -0.3 is 9.64 Å². The van der Waals surface area contributed by atoms with E-state index in [2.05, 4.69) is 16.7 Å². The molecule has 1 unspecified atom stereocenters. The topological polar surface area (TPSA) is 53.1 Å². The predicted octanol–water partition coefficient (Wildman–Crippen LogP) is 3.97. The molecule has 4 rings (SSSR count). The molecule has 31 heavy (non-hydrogen) atoms. The van der Waals surface area contributed by atoms with Gasteiger partial charge in [0.05, 0.1) is 24.8 Å². The van der Waals surface area contributed by atoms with Gasteiger partial charge in [0.25, 0.3) is 5.91 Å². The van der Waals surface area contributed by atoms with Crippen LogP contribution in [0.15, 0.2) is 48.5 Å². The first kappa shape index (κ1) is 21.7. The van der Waals surface area contributed by atoms with Gasteiger partial charge in [0.1, 0.15) is 5.75 Å². The number of rotatable bonds is 7. The third kappa shape index (κ3) is 4.86. The Balaban J connectivity index is 1.37. The van der Waals surface area contributed by atoms with E-state index in [1.807, 2.05) is 36.4 Å². The summed E-state index contributed by atoms with van der Waals surface area (Å²) in [6.07, 6.45) is 2.30. The summed E-state index contributed by atoms with van der Waals surface area (Å²) in [5, 5.41) is 0.720. The van der Waals surface area contributed by atoms with Gasteiger partial charge in [-0.05, 0) is 55.0 Å². The first-order valence-electron chi connectivity index (χ1n) is 10.9. The lowest BCUT2D eigenvalue weighted by molar-refractivity contribution is -0.123. The fourth-order valence-electron chi connectivity index (χ4n) is 4.14. The van der Waals surface area contributed by atoms with Crippen LogP contribution in [0.5, 0.6) is 5.75 Å². The molecule has 2 aromatic rings. The summed E-state index contributed by atoms with van der Waals surface area (Å²) < 4.78 is 5.68. The van der Waals surface area contributed by atoms with Crippen molar-refractivity contribution in [2.75, 3.05) is 42.6 Å². The molecule has 2 aliphatic rings. The van der Waals surface area contributed by atoms with Crippen molar-refractivity contribution in [3.05, 3.63) is 53.6 Å². The summed E-state index contributed by atoms with van der Waals surface area (Å²) >= 11 is 5.98. The Bertz CT molecular complexity index is 909. The molecule has 0 bridgehead atoms. The Hall–Kier alpha value is -2.57. The number of imide groups is 1. The molecular formula is C24H28ClN3O3. The zero-order chi connectivity index (χ0) is 21.8. The molecule has 2 aromatic carbocycles. The van der Waals surface area contributed by atoms with Gasteiger partial charge in [-0.15, -0.1) is 0 Å². The molecule has 164 valence electrons. The average molecular weight is 442 g/mol. The maximum absolute atomic E-state index is 13.1. The Morgan fingerprint density at radius 1 is 0.935 bits per heavy atom. The molecule has 2 fully saturated rings. The second-order valence-corrected chi connectivity index (χ2v) is 8.42. The van der Waals surface area contributed by atoms with E-state index in [9.17, 15) is 9.59 Å². The lowest BCUT2D eigenvalue weighted by Gasteiger charge is -2.38. The minimum Gasteiger partial charge on any atom is -0.494 e. The second kappa shape index (κ2) is 9.71. The van der Waals surface area contributed by atoms with Crippen molar-refractivity contribution in [2.45, 2.75) is 32.2 Å². The van der Waals surface area contributed by atoms with Crippen molar-refractivity contribution in [1.82, 2.24) is 4.90 Å². The molecule has 2 saturated heterocycles. The SMILES string of the molecule is CCCCOc1ccc(N2C(=O)CC(N3CCN(c4ccc(Cl)cc4)CC3)C2=O)cc1. The Labute approximate surface area is 188 Å². The molecular weight excluding hydrogens is 414 g/mol. The van der Waals surface area contributed by atoms with E-state index in [1.54, 1.807) is 12.1 Å². The highest BCUT2D eigenvalue weighted by atomic mass is 35.5. The van der Waals surface area contributed by atoms with E-state index in [1.165, 1.54) is 4.90 Å². The van der Waals surface area contributed by atoms with Gasteiger partial charge in [-0.3, -0.25) is 14.5 Å². The fourth-order valence-corrected chi connectivity index (χ4v) is 4.27. The lowest BCUT2D eigenvalue weighted by Crippen LogP contribution is -2.52. The summed E-state index contributed by atoms with van der Waals surface area (Å²) in [5.74, 6) is 0.477. The average Bonchev–Trinajstić information content (AvgIpc) is 3.09. The number of hydrogen-bond acceptors (Lipinski definition) is 5. The number of anilines is 2. The number of amides is 2. The minimum absolute atomic E-state index is 0.135. The molecule has 0 radical (unpaired) electrons. The highest BCUT2D eigenvalue weighted by molar-refractivity contribution is 6.30. The van der Waals surface area contributed by atoms with E-state index in [0.717, 1.165) is 55.5 Å². The van der Waals surface area contributed by atoms with E-state index in [-0.39, 0.29) is 24.3 Å². The molecule has 0 N–H and O–H groups in total. The number of ether oxygens (including phenoxy) is 1. The van der Waals surface area contributed by atoms with E-state index < -0.39 is 0 Å². The number of halogens is 1. The number of nitrogens with zero attached hydrogens (tertiary/aromatic N) is 3. The van der Waals surface area contributed by atoms with Crippen LogP contribution in [-0.4, -0.2) is 55.5 Å². The monoisotopic (exact) mass is 441 g/mol. The first-order valence-corrected chi connectivity index (χ1v) is 11.3. The van der Waals surface area contributed by atoms with Crippen LogP contribution in [0.4, 0.5) is 11.4 Å². The molecule has 0 aliphatic carbocycles. The zero-order valence-corrected chi connectivity index (χ0v) is 18.6. The van der Waals surface area contributed by atoms with Crippen molar-refractivity contribution in [2.24, 2.45) is 0 Å². The smallest absolute Gasteiger partial charge is 0.251 e. The standard InChI is InChI=1S/C24H28ClN3O3/c1-2-3-16-31-21-10-8-20(9-11-21)28-23(29)17-22(24(28)30)27-14-12-26(13-15-27)19-6-4-18(25)5-7-19/h4-11,22H,2-3,12-17H2,1H3. The number of carbonyl (C=O) groups excluding carboxylic acids is 2. The van der Waals surface area contributed by atoms with Crippen molar-refractivity contribution in [3.63, 3.8) is 0 Å². The van der Waals surface area contributed by atoms with Crippen molar-refractivity contribution in [1.29, 1.82) is 0 Å². The van der Waals surface area contributed by atoms with Gasteiger partial charge in [0.15, 0.2) is 0 Å². The molecule has 0 aromatic heterocycles. The third-order valence-electron chi connectivity index (χ3n) is 5.93. The number of hydrogen-bond donors (Lipinski definition) is 0. The third-order valence-corrected chi connectivity index (χ3v) is 6.18. The van der Waals surface area contributed by atoms with Gasteiger partial charge in [-0.25, -0.2) is 4.90 Å². The van der Waals surface area contributed by atoms with Crippen LogP contribution in [0.1, 0.15) is 26.2 Å². The van der Waals surface area contributed by atoms with Crippen LogP contribution in [0.2, 0.25) is 5.02 Å². The molecule has 6 nitrogen and oxygen atoms in total. The molecule has 0 saturated carbocycles. The fraction of sp³-hybridized carbons (Fsp3) is 0.417. The van der Waals surface area contributed by atoms with Crippen molar-refractivity contribution >= 4 is 34.8 Å². The van der Waals surface area contributed by atoms with Gasteiger partial charge in [-0.2, -0.15) is 0 Å². The molecule has 2 aliphatic heterocycles. The maximum atomic E-state index is 13.1. The van der Waals surface area contributed by atoms with Crippen LogP contribution in [0.3, 0.4) is 0 Å². The quantitative estimate of drug-likeness (QED) is 0.480. The molecule has 7 heteroatoms. The normalized spacial score (nSPS) is 19.9. The minimum atomic E-state index is -0.389. The predicted molar refractivity (Wildman–Crippen MR) is 123 cm³/mol. The van der Waals surface area contributed by atoms with E-state index >= 15 is 0 Å². The van der Waals surface area contributed by atoms with E-state index in [0.29, 0.717) is 12.3 Å². The van der Waals surface area contributed by atoms with Crippen LogP contribution in [0, 0.1) is 0 Å². The maximum Gasteiger partial charge on any atom is 0.251 e. The highest BCUT2D eigenvalue weighted by Gasteiger charge is 2.43. The second-order valence-electron chi connectivity index (χ2n) is 7.98. The van der Waals surface area contributed by atoms with Gasteiger partial charge in [0.2, 0.25) is 5.91 Å². The summed E-state index contributed by atoms with van der Waals surface area (Å²) in [4.78, 5) is 31.5. The highest BCUT2D eigenvalue weighted by Crippen LogP contribution is 2.28.